The molecule has 1 heterocycles. The minimum Gasteiger partial charge on any atom is -0.328 e. The summed E-state index contributed by atoms with van der Waals surface area (Å²) >= 11 is 0. The van der Waals surface area contributed by atoms with Gasteiger partial charge in [-0.15, -0.1) is 0 Å². The molecule has 60 valence electrons. The van der Waals surface area contributed by atoms with Crippen molar-refractivity contribution in [1.29, 1.82) is 0 Å². The van der Waals surface area contributed by atoms with Crippen LogP contribution in [0.3, 0.4) is 0 Å². The molecule has 0 spiro atoms. The van der Waals surface area contributed by atoms with E-state index in [0.717, 1.165) is 5.82 Å². The third-order valence-electron chi connectivity index (χ3n) is 1.50. The van der Waals surface area contributed by atoms with Crippen molar-refractivity contribution in [2.75, 3.05) is 6.54 Å². The average Bonchev–Trinajstić information content (AvgIpc) is 2.37. The van der Waals surface area contributed by atoms with E-state index < -0.39 is 0 Å². The van der Waals surface area contributed by atoms with Gasteiger partial charge in [0.2, 0.25) is 0 Å². The van der Waals surface area contributed by atoms with Crippen molar-refractivity contribution < 1.29 is 4.79 Å². The van der Waals surface area contributed by atoms with Crippen molar-refractivity contribution >= 4 is 5.78 Å². The van der Waals surface area contributed by atoms with Gasteiger partial charge in [0, 0.05) is 12.4 Å². The molecule has 0 fully saturated rings. The molecule has 1 aromatic rings. The summed E-state index contributed by atoms with van der Waals surface area (Å²) in [5, 5.41) is 0. The summed E-state index contributed by atoms with van der Waals surface area (Å²) in [5.74, 6) is 0.859. The van der Waals surface area contributed by atoms with Crippen LogP contribution >= 0.6 is 0 Å². The van der Waals surface area contributed by atoms with Crippen molar-refractivity contribution in [3.63, 3.8) is 0 Å². The number of hydrogen-bond donors (Lipinski definition) is 1. The zero-order chi connectivity index (χ0) is 8.27. The van der Waals surface area contributed by atoms with Gasteiger partial charge in [-0.3, -0.25) is 4.79 Å². The molecule has 0 aliphatic heterocycles. The lowest BCUT2D eigenvalue weighted by atomic mass is 10.4. The Balaban J connectivity index is 2.64. The van der Waals surface area contributed by atoms with Crippen molar-refractivity contribution in [2.24, 2.45) is 5.73 Å². The first kappa shape index (κ1) is 7.94. The van der Waals surface area contributed by atoms with Crippen LogP contribution in [0, 0.1) is 6.92 Å². The normalized spacial score (nSPS) is 10.0. The van der Waals surface area contributed by atoms with Crippen LogP contribution in [0.15, 0.2) is 12.4 Å². The molecule has 1 rings (SSSR count). The highest BCUT2D eigenvalue weighted by Crippen LogP contribution is 1.94. The van der Waals surface area contributed by atoms with E-state index in [-0.39, 0.29) is 12.3 Å². The SMILES string of the molecule is Cc1nccn1CC(=O)CN. The Bertz CT molecular complexity index is 254. The number of hydrogen-bond acceptors (Lipinski definition) is 3. The molecule has 0 atom stereocenters. The number of rotatable bonds is 3. The highest BCUT2D eigenvalue weighted by atomic mass is 16.1. The molecule has 2 N–H and O–H groups in total. The van der Waals surface area contributed by atoms with Crippen molar-refractivity contribution in [3.05, 3.63) is 18.2 Å². The van der Waals surface area contributed by atoms with Crippen LogP contribution in [-0.4, -0.2) is 21.9 Å². The van der Waals surface area contributed by atoms with E-state index in [1.165, 1.54) is 0 Å². The Kier molecular flexibility index (Phi) is 2.38. The summed E-state index contributed by atoms with van der Waals surface area (Å²) < 4.78 is 1.77. The van der Waals surface area contributed by atoms with E-state index in [9.17, 15) is 4.79 Å². The quantitative estimate of drug-likeness (QED) is 0.649. The summed E-state index contributed by atoms with van der Waals surface area (Å²) in [6.45, 7) is 2.28. The standard InChI is InChI=1S/C7H11N3O/c1-6-9-2-3-10(6)5-7(11)4-8/h2-3H,4-5,8H2,1H3. The second kappa shape index (κ2) is 3.30. The largest absolute Gasteiger partial charge is 0.328 e. The van der Waals surface area contributed by atoms with Crippen LogP contribution in [0.25, 0.3) is 0 Å². The fourth-order valence-electron chi connectivity index (χ4n) is 0.825. The molecule has 0 amide bonds. The predicted molar refractivity (Wildman–Crippen MR) is 41.0 cm³/mol. The van der Waals surface area contributed by atoms with Crippen LogP contribution in [0.5, 0.6) is 0 Å². The molecule has 4 heteroatoms. The molecule has 4 nitrogen and oxygen atoms in total. The smallest absolute Gasteiger partial charge is 0.166 e. The Labute approximate surface area is 65.0 Å². The summed E-state index contributed by atoms with van der Waals surface area (Å²) in [4.78, 5) is 14.8. The maximum atomic E-state index is 10.9. The number of nitrogens with two attached hydrogens (primary N) is 1. The van der Waals surface area contributed by atoms with Crippen molar-refractivity contribution in [1.82, 2.24) is 9.55 Å². The Hall–Kier alpha value is -1.16. The maximum absolute atomic E-state index is 10.9. The summed E-state index contributed by atoms with van der Waals surface area (Å²) in [7, 11) is 0. The molecule has 0 bridgehead atoms. The number of ketones is 1. The van der Waals surface area contributed by atoms with Gasteiger partial charge in [0.1, 0.15) is 5.82 Å². The Morgan fingerprint density at radius 2 is 2.55 bits per heavy atom. The first-order valence-electron chi connectivity index (χ1n) is 3.43. The van der Waals surface area contributed by atoms with Crippen molar-refractivity contribution in [3.8, 4) is 0 Å². The van der Waals surface area contributed by atoms with Crippen LogP contribution in [0.2, 0.25) is 0 Å². The second-order valence-corrected chi connectivity index (χ2v) is 2.35. The lowest BCUT2D eigenvalue weighted by Crippen LogP contribution is -2.19. The van der Waals surface area contributed by atoms with E-state index in [0.29, 0.717) is 6.54 Å². The van der Waals surface area contributed by atoms with Gasteiger partial charge in [-0.05, 0) is 6.92 Å². The minimum absolute atomic E-state index is 0.0195. The molecular formula is C7H11N3O. The zero-order valence-electron chi connectivity index (χ0n) is 6.45. The van der Waals surface area contributed by atoms with Gasteiger partial charge in [0.15, 0.2) is 5.78 Å². The summed E-state index contributed by atoms with van der Waals surface area (Å²) in [5.41, 5.74) is 5.16. The van der Waals surface area contributed by atoms with Gasteiger partial charge in [0.25, 0.3) is 0 Å². The van der Waals surface area contributed by atoms with E-state index in [2.05, 4.69) is 4.98 Å². The number of aryl methyl sites for hydroxylation is 1. The zero-order valence-corrected chi connectivity index (χ0v) is 6.45. The molecule has 0 aromatic carbocycles. The first-order valence-corrected chi connectivity index (χ1v) is 3.43. The molecule has 0 aliphatic carbocycles. The van der Waals surface area contributed by atoms with E-state index >= 15 is 0 Å². The fourth-order valence-corrected chi connectivity index (χ4v) is 0.825. The second-order valence-electron chi connectivity index (χ2n) is 2.35. The monoisotopic (exact) mass is 153 g/mol. The number of carbonyl (C=O) groups excluding carboxylic acids is 1. The molecule has 0 aliphatic rings. The number of imidazole rings is 1. The van der Waals surface area contributed by atoms with E-state index in [1.807, 2.05) is 6.92 Å². The first-order chi connectivity index (χ1) is 5.24. The average molecular weight is 153 g/mol. The van der Waals surface area contributed by atoms with Gasteiger partial charge in [0.05, 0.1) is 13.1 Å². The number of carbonyl (C=O) groups is 1. The third-order valence-corrected chi connectivity index (χ3v) is 1.50. The van der Waals surface area contributed by atoms with Crippen LogP contribution in [0.4, 0.5) is 0 Å². The molecular weight excluding hydrogens is 142 g/mol. The van der Waals surface area contributed by atoms with Gasteiger partial charge in [-0.25, -0.2) is 4.98 Å². The molecule has 1 aromatic heterocycles. The van der Waals surface area contributed by atoms with E-state index in [4.69, 9.17) is 5.73 Å². The molecule has 0 saturated heterocycles. The van der Waals surface area contributed by atoms with Gasteiger partial charge in [-0.1, -0.05) is 0 Å². The Morgan fingerprint density at radius 1 is 1.82 bits per heavy atom. The number of aromatic nitrogens is 2. The summed E-state index contributed by atoms with van der Waals surface area (Å²) in [6, 6.07) is 0. The number of Topliss-reactive ketones (excluding diaryl/α,β-unsaturated/α-hetero) is 1. The predicted octanol–water partition coefficient (Wildman–Crippen LogP) is -0.281. The Morgan fingerprint density at radius 3 is 3.00 bits per heavy atom. The van der Waals surface area contributed by atoms with Gasteiger partial charge >= 0.3 is 0 Å². The van der Waals surface area contributed by atoms with Crippen LogP contribution in [0.1, 0.15) is 5.82 Å². The van der Waals surface area contributed by atoms with Crippen LogP contribution in [-0.2, 0) is 11.3 Å². The van der Waals surface area contributed by atoms with Crippen molar-refractivity contribution in [2.45, 2.75) is 13.5 Å². The number of nitrogens with zero attached hydrogens (tertiary/aromatic N) is 2. The molecule has 0 unspecified atom stereocenters. The maximum Gasteiger partial charge on any atom is 0.166 e. The lowest BCUT2D eigenvalue weighted by Gasteiger charge is -2.00. The van der Waals surface area contributed by atoms with E-state index in [1.54, 1.807) is 17.0 Å². The fraction of sp³-hybridized carbons (Fsp3) is 0.429. The highest BCUT2D eigenvalue weighted by Gasteiger charge is 2.01. The molecule has 11 heavy (non-hydrogen) atoms. The topological polar surface area (TPSA) is 60.9 Å². The highest BCUT2D eigenvalue weighted by molar-refractivity contribution is 5.80. The van der Waals surface area contributed by atoms with Crippen LogP contribution < -0.4 is 5.73 Å². The van der Waals surface area contributed by atoms with Gasteiger partial charge < -0.3 is 10.3 Å². The molecule has 0 saturated carbocycles. The molecule has 0 radical (unpaired) electrons. The van der Waals surface area contributed by atoms with Gasteiger partial charge in [-0.2, -0.15) is 0 Å². The third kappa shape index (κ3) is 1.88. The minimum atomic E-state index is 0.0195. The summed E-state index contributed by atoms with van der Waals surface area (Å²) in [6.07, 6.45) is 3.43. The lowest BCUT2D eigenvalue weighted by molar-refractivity contribution is -0.118.